The summed E-state index contributed by atoms with van der Waals surface area (Å²) in [5.41, 5.74) is 1.90. The van der Waals surface area contributed by atoms with Crippen molar-refractivity contribution in [2.24, 2.45) is 5.92 Å². The third-order valence-electron chi connectivity index (χ3n) is 5.37. The maximum atomic E-state index is 12.9. The lowest BCUT2D eigenvalue weighted by Gasteiger charge is -2.44. The summed E-state index contributed by atoms with van der Waals surface area (Å²) in [6.07, 6.45) is 2.36. The van der Waals surface area contributed by atoms with E-state index in [1.807, 2.05) is 35.7 Å². The second-order valence-electron chi connectivity index (χ2n) is 6.87. The Morgan fingerprint density at radius 2 is 2.12 bits per heavy atom. The molecule has 2 bridgehead atoms. The van der Waals surface area contributed by atoms with Gasteiger partial charge in [-0.1, -0.05) is 12.1 Å². The third kappa shape index (κ3) is 2.65. The van der Waals surface area contributed by atoms with E-state index in [-0.39, 0.29) is 11.9 Å². The van der Waals surface area contributed by atoms with Gasteiger partial charge in [-0.05, 0) is 55.4 Å². The molecule has 3 aliphatic rings. The van der Waals surface area contributed by atoms with Crippen molar-refractivity contribution < 1.29 is 9.21 Å². The molecule has 1 aromatic carbocycles. The Balaban J connectivity index is 1.45. The molecule has 0 radical (unpaired) electrons. The number of piperidine rings is 3. The quantitative estimate of drug-likeness (QED) is 0.784. The predicted octanol–water partition coefficient (Wildman–Crippen LogP) is 3.38. The molecule has 6 rings (SSSR count). The van der Waals surface area contributed by atoms with Crippen molar-refractivity contribution in [3.8, 4) is 10.8 Å². The van der Waals surface area contributed by atoms with Crippen LogP contribution in [0, 0.1) is 5.92 Å². The van der Waals surface area contributed by atoms with Gasteiger partial charge in [0.15, 0.2) is 5.58 Å². The molecule has 1 N–H and O–H groups in total. The molecule has 6 heteroatoms. The predicted molar refractivity (Wildman–Crippen MR) is 97.7 cm³/mol. The van der Waals surface area contributed by atoms with Crippen LogP contribution < -0.4 is 5.32 Å². The highest BCUT2D eigenvalue weighted by molar-refractivity contribution is 7.13. The smallest absolute Gasteiger partial charge is 0.253 e. The van der Waals surface area contributed by atoms with Crippen molar-refractivity contribution in [2.45, 2.75) is 18.9 Å². The minimum absolute atomic E-state index is 0.0459. The van der Waals surface area contributed by atoms with Crippen molar-refractivity contribution in [1.82, 2.24) is 15.2 Å². The van der Waals surface area contributed by atoms with E-state index in [9.17, 15) is 4.79 Å². The Morgan fingerprint density at radius 1 is 1.24 bits per heavy atom. The molecule has 0 saturated carbocycles. The minimum atomic E-state index is -0.0459. The first-order valence-electron chi connectivity index (χ1n) is 8.74. The van der Waals surface area contributed by atoms with Gasteiger partial charge in [0.2, 0.25) is 5.89 Å². The molecule has 1 atom stereocenters. The fourth-order valence-corrected chi connectivity index (χ4v) is 4.66. The second-order valence-corrected chi connectivity index (χ2v) is 7.81. The highest BCUT2D eigenvalue weighted by Gasteiger charge is 2.35. The molecule has 5 nitrogen and oxygen atoms in total. The van der Waals surface area contributed by atoms with Crippen molar-refractivity contribution in [1.29, 1.82) is 0 Å². The number of hydrogen-bond acceptors (Lipinski definition) is 5. The highest BCUT2D eigenvalue weighted by Crippen LogP contribution is 2.30. The molecule has 1 amide bonds. The number of oxazole rings is 1. The van der Waals surface area contributed by atoms with Crippen molar-refractivity contribution >= 4 is 28.3 Å². The summed E-state index contributed by atoms with van der Waals surface area (Å²) in [6.45, 7) is 3.30. The second kappa shape index (κ2) is 5.97. The number of aromatic nitrogens is 1. The van der Waals surface area contributed by atoms with Gasteiger partial charge in [0.1, 0.15) is 5.52 Å². The normalized spacial score (nSPS) is 25.4. The molecule has 0 spiro atoms. The lowest BCUT2D eigenvalue weighted by molar-refractivity contribution is 0.0621. The van der Waals surface area contributed by atoms with Crippen molar-refractivity contribution in [3.63, 3.8) is 0 Å². The van der Waals surface area contributed by atoms with Crippen LogP contribution in [0.3, 0.4) is 0 Å². The molecular weight excluding hydrogens is 334 g/mol. The maximum absolute atomic E-state index is 12.9. The maximum Gasteiger partial charge on any atom is 0.253 e. The molecule has 128 valence electrons. The largest absolute Gasteiger partial charge is 0.435 e. The summed E-state index contributed by atoms with van der Waals surface area (Å²) < 4.78 is 5.85. The molecule has 1 unspecified atom stereocenters. The Kier molecular flexibility index (Phi) is 3.60. The lowest BCUT2D eigenvalue weighted by atomic mass is 9.84. The molecule has 0 aliphatic carbocycles. The number of rotatable bonds is 3. The van der Waals surface area contributed by atoms with Gasteiger partial charge >= 0.3 is 0 Å². The van der Waals surface area contributed by atoms with Crippen LogP contribution in [0.1, 0.15) is 23.2 Å². The van der Waals surface area contributed by atoms with Crippen LogP contribution in [0.25, 0.3) is 21.9 Å². The van der Waals surface area contributed by atoms with E-state index in [0.29, 0.717) is 28.5 Å². The topological polar surface area (TPSA) is 58.4 Å². The molecule has 2 aromatic heterocycles. The zero-order valence-electron chi connectivity index (χ0n) is 13.8. The van der Waals surface area contributed by atoms with Gasteiger partial charge in [-0.3, -0.25) is 4.79 Å². The SMILES string of the molecule is O=C(NC1CN2CCC1CC2)c1cccc2oc(-c3cccs3)nc12. The van der Waals surface area contributed by atoms with E-state index >= 15 is 0 Å². The van der Waals surface area contributed by atoms with Gasteiger partial charge in [-0.2, -0.15) is 0 Å². The fourth-order valence-electron chi connectivity index (χ4n) is 4.01. The summed E-state index contributed by atoms with van der Waals surface area (Å²) in [5, 5.41) is 5.23. The number of benzene rings is 1. The zero-order chi connectivity index (χ0) is 16.8. The van der Waals surface area contributed by atoms with Gasteiger partial charge < -0.3 is 14.6 Å². The standard InChI is InChI=1S/C19H19N3O2S/c23-18(20-14-11-22-8-6-12(14)7-9-22)13-3-1-4-15-17(13)21-19(24-15)16-5-2-10-25-16/h1-5,10,12,14H,6-9,11H2,(H,20,23). The van der Waals surface area contributed by atoms with E-state index in [1.54, 1.807) is 11.3 Å². The number of para-hydroxylation sites is 1. The minimum Gasteiger partial charge on any atom is -0.435 e. The average Bonchev–Trinajstić information content (AvgIpc) is 3.31. The Labute approximate surface area is 149 Å². The summed E-state index contributed by atoms with van der Waals surface area (Å²) >= 11 is 1.58. The summed E-state index contributed by atoms with van der Waals surface area (Å²) in [5.74, 6) is 1.13. The lowest BCUT2D eigenvalue weighted by Crippen LogP contribution is -2.57. The van der Waals surface area contributed by atoms with Gasteiger partial charge in [0.05, 0.1) is 10.4 Å². The van der Waals surface area contributed by atoms with E-state index in [0.717, 1.165) is 11.4 Å². The molecule has 3 fully saturated rings. The molecule has 5 heterocycles. The Bertz CT molecular complexity index is 910. The number of amides is 1. The van der Waals surface area contributed by atoms with Crippen LogP contribution in [0.2, 0.25) is 0 Å². The van der Waals surface area contributed by atoms with E-state index in [2.05, 4.69) is 15.2 Å². The number of nitrogens with zero attached hydrogens (tertiary/aromatic N) is 2. The third-order valence-corrected chi connectivity index (χ3v) is 6.23. The number of hydrogen-bond donors (Lipinski definition) is 1. The van der Waals surface area contributed by atoms with Crippen molar-refractivity contribution in [2.75, 3.05) is 19.6 Å². The van der Waals surface area contributed by atoms with Crippen LogP contribution in [-0.2, 0) is 0 Å². The van der Waals surface area contributed by atoms with Crippen LogP contribution in [-0.4, -0.2) is 41.5 Å². The Hall–Kier alpha value is -2.18. The zero-order valence-corrected chi connectivity index (χ0v) is 14.6. The van der Waals surface area contributed by atoms with Crippen LogP contribution in [0.5, 0.6) is 0 Å². The molecule has 3 aliphatic heterocycles. The highest BCUT2D eigenvalue weighted by atomic mass is 32.1. The number of nitrogens with one attached hydrogen (secondary N) is 1. The first-order valence-corrected chi connectivity index (χ1v) is 9.62. The molecular formula is C19H19N3O2S. The van der Waals surface area contributed by atoms with E-state index in [4.69, 9.17) is 4.42 Å². The van der Waals surface area contributed by atoms with Gasteiger partial charge in [-0.15, -0.1) is 11.3 Å². The molecule has 3 saturated heterocycles. The Morgan fingerprint density at radius 3 is 2.84 bits per heavy atom. The number of fused-ring (bicyclic) bond motifs is 4. The first kappa shape index (κ1) is 15.1. The average molecular weight is 353 g/mol. The molecule has 25 heavy (non-hydrogen) atoms. The van der Waals surface area contributed by atoms with Gasteiger partial charge in [-0.25, -0.2) is 4.98 Å². The van der Waals surface area contributed by atoms with Crippen LogP contribution in [0.4, 0.5) is 0 Å². The first-order chi connectivity index (χ1) is 12.3. The van der Waals surface area contributed by atoms with Gasteiger partial charge in [0.25, 0.3) is 5.91 Å². The van der Waals surface area contributed by atoms with Gasteiger partial charge in [0, 0.05) is 12.6 Å². The van der Waals surface area contributed by atoms with Crippen LogP contribution in [0.15, 0.2) is 40.1 Å². The number of carbonyl (C=O) groups is 1. The summed E-state index contributed by atoms with van der Waals surface area (Å²) in [6, 6.07) is 9.74. The molecule has 3 aromatic rings. The summed E-state index contributed by atoms with van der Waals surface area (Å²) in [7, 11) is 0. The van der Waals surface area contributed by atoms with E-state index < -0.39 is 0 Å². The van der Waals surface area contributed by atoms with E-state index in [1.165, 1.54) is 25.9 Å². The monoisotopic (exact) mass is 353 g/mol. The van der Waals surface area contributed by atoms with Crippen molar-refractivity contribution in [3.05, 3.63) is 41.3 Å². The summed E-state index contributed by atoms with van der Waals surface area (Å²) in [4.78, 5) is 20.9. The number of thiophene rings is 1. The number of carbonyl (C=O) groups excluding carboxylic acids is 1. The van der Waals surface area contributed by atoms with Crippen LogP contribution >= 0.6 is 11.3 Å². The fraction of sp³-hybridized carbons (Fsp3) is 0.368.